The van der Waals surface area contributed by atoms with E-state index in [0.29, 0.717) is 19.3 Å². The fourth-order valence-corrected chi connectivity index (χ4v) is 1.51. The van der Waals surface area contributed by atoms with Gasteiger partial charge in [0.1, 0.15) is 10.8 Å². The second-order valence-corrected chi connectivity index (χ2v) is 4.15. The molecule has 0 radical (unpaired) electrons. The molecule has 1 aliphatic rings. The van der Waals surface area contributed by atoms with Crippen LogP contribution in [-0.2, 0) is 14.3 Å². The first-order chi connectivity index (χ1) is 6.55. The molecule has 14 heavy (non-hydrogen) atoms. The van der Waals surface area contributed by atoms with Crippen molar-refractivity contribution in [2.45, 2.75) is 24.1 Å². The number of halogens is 1. The summed E-state index contributed by atoms with van der Waals surface area (Å²) in [5.74, 6) is -1.54. The third-order valence-corrected chi connectivity index (χ3v) is 2.90. The number of hydrogen-bond acceptors (Lipinski definition) is 3. The lowest BCUT2D eigenvalue weighted by molar-refractivity contribution is -0.149. The molecule has 0 N–H and O–H groups in total. The van der Waals surface area contributed by atoms with E-state index in [9.17, 15) is 9.59 Å². The summed E-state index contributed by atoms with van der Waals surface area (Å²) in [6.45, 7) is 3.50. The number of ether oxygens (including phenoxy) is 1. The lowest BCUT2D eigenvalue weighted by Crippen LogP contribution is -2.32. The molecule has 1 saturated carbocycles. The van der Waals surface area contributed by atoms with Gasteiger partial charge in [0.25, 0.3) is 0 Å². The molecule has 0 bridgehead atoms. The first-order valence-electron chi connectivity index (χ1n) is 4.47. The van der Waals surface area contributed by atoms with E-state index < -0.39 is 16.8 Å². The Balaban J connectivity index is 2.71. The number of esters is 1. The van der Waals surface area contributed by atoms with Gasteiger partial charge in [-0.05, 0) is 19.3 Å². The second-order valence-electron chi connectivity index (χ2n) is 3.43. The molecular formula is C10H13ClO3. The third kappa shape index (κ3) is 2.15. The topological polar surface area (TPSA) is 43.4 Å². The Morgan fingerprint density at radius 1 is 1.64 bits per heavy atom. The van der Waals surface area contributed by atoms with Crippen molar-refractivity contribution >= 4 is 23.4 Å². The van der Waals surface area contributed by atoms with E-state index in [1.807, 2.05) is 0 Å². The van der Waals surface area contributed by atoms with Gasteiger partial charge in [0.05, 0.1) is 7.11 Å². The van der Waals surface area contributed by atoms with Crippen LogP contribution < -0.4 is 0 Å². The number of ketones is 1. The fourth-order valence-electron chi connectivity index (χ4n) is 1.29. The lowest BCUT2D eigenvalue weighted by atomic mass is 9.96. The highest BCUT2D eigenvalue weighted by Gasteiger charge is 2.51. The maximum atomic E-state index is 11.7. The second kappa shape index (κ2) is 4.13. The Bertz CT molecular complexity index is 269. The minimum Gasteiger partial charge on any atom is -0.468 e. The van der Waals surface area contributed by atoms with Gasteiger partial charge in [0.2, 0.25) is 0 Å². The minimum absolute atomic E-state index is 0.231. The molecule has 0 amide bonds. The predicted octanol–water partition coefficient (Wildman–Crippen LogP) is 1.69. The molecule has 0 spiro atoms. The summed E-state index contributed by atoms with van der Waals surface area (Å²) in [5, 5.41) is 0. The maximum Gasteiger partial charge on any atom is 0.316 e. The highest BCUT2D eigenvalue weighted by atomic mass is 35.5. The zero-order valence-electron chi connectivity index (χ0n) is 8.09. The first kappa shape index (κ1) is 11.2. The van der Waals surface area contributed by atoms with Gasteiger partial charge < -0.3 is 4.74 Å². The molecule has 1 atom stereocenters. The number of rotatable bonds is 5. The molecule has 4 heteroatoms. The first-order valence-corrected chi connectivity index (χ1v) is 4.85. The predicted molar refractivity (Wildman–Crippen MR) is 53.1 cm³/mol. The van der Waals surface area contributed by atoms with Gasteiger partial charge >= 0.3 is 5.97 Å². The highest BCUT2D eigenvalue weighted by Crippen LogP contribution is 2.45. The van der Waals surface area contributed by atoms with E-state index in [2.05, 4.69) is 11.3 Å². The average molecular weight is 217 g/mol. The molecule has 0 aromatic rings. The molecule has 0 heterocycles. The molecule has 0 saturated heterocycles. The van der Waals surface area contributed by atoms with Crippen LogP contribution in [0.1, 0.15) is 19.3 Å². The van der Waals surface area contributed by atoms with E-state index in [-0.39, 0.29) is 5.78 Å². The monoisotopic (exact) mass is 216 g/mol. The molecule has 1 rings (SSSR count). The Labute approximate surface area is 88.1 Å². The van der Waals surface area contributed by atoms with E-state index in [1.54, 1.807) is 0 Å². The molecule has 0 aromatic carbocycles. The normalized spacial score (nSPS) is 19.6. The number of carbonyl (C=O) groups excluding carboxylic acids is 2. The number of Topliss-reactive ketones (excluding diaryl/α,β-unsaturated/α-hetero) is 1. The Hall–Kier alpha value is -0.830. The van der Waals surface area contributed by atoms with Crippen LogP contribution in [0.4, 0.5) is 0 Å². The Kier molecular flexibility index (Phi) is 3.32. The summed E-state index contributed by atoms with van der Waals surface area (Å²) in [7, 11) is 1.26. The van der Waals surface area contributed by atoms with Crippen LogP contribution in [0.5, 0.6) is 0 Å². The average Bonchev–Trinajstić information content (AvgIpc) is 2.92. The lowest BCUT2D eigenvalue weighted by Gasteiger charge is -2.14. The quantitative estimate of drug-likeness (QED) is 0.304. The highest BCUT2D eigenvalue weighted by molar-refractivity contribution is 6.39. The number of alkyl halides is 1. The van der Waals surface area contributed by atoms with Crippen molar-refractivity contribution in [2.75, 3.05) is 7.11 Å². The third-order valence-electron chi connectivity index (χ3n) is 2.34. The van der Waals surface area contributed by atoms with Crippen LogP contribution in [0.2, 0.25) is 0 Å². The van der Waals surface area contributed by atoms with Crippen LogP contribution in [-0.4, -0.2) is 23.7 Å². The molecule has 0 aliphatic heterocycles. The van der Waals surface area contributed by atoms with Crippen LogP contribution >= 0.6 is 11.6 Å². The number of hydrogen-bond donors (Lipinski definition) is 0. The smallest absolute Gasteiger partial charge is 0.316 e. The summed E-state index contributed by atoms with van der Waals surface area (Å²) >= 11 is 5.93. The SMILES string of the molecule is C=CCC(C(=O)OC)C(=O)C1(Cl)CC1. The van der Waals surface area contributed by atoms with Gasteiger partial charge in [0.15, 0.2) is 5.78 Å². The van der Waals surface area contributed by atoms with Crippen molar-refractivity contribution in [3.8, 4) is 0 Å². The molecule has 1 unspecified atom stereocenters. The summed E-state index contributed by atoms with van der Waals surface area (Å²) in [6, 6.07) is 0. The van der Waals surface area contributed by atoms with E-state index in [4.69, 9.17) is 11.6 Å². The van der Waals surface area contributed by atoms with Gasteiger partial charge in [-0.3, -0.25) is 9.59 Å². The van der Waals surface area contributed by atoms with Gasteiger partial charge in [-0.2, -0.15) is 0 Å². The Morgan fingerprint density at radius 3 is 2.57 bits per heavy atom. The van der Waals surface area contributed by atoms with Gasteiger partial charge in [-0.25, -0.2) is 0 Å². The van der Waals surface area contributed by atoms with Gasteiger partial charge in [-0.15, -0.1) is 18.2 Å². The summed E-state index contributed by atoms with van der Waals surface area (Å²) < 4.78 is 4.54. The molecular weight excluding hydrogens is 204 g/mol. The van der Waals surface area contributed by atoms with Crippen LogP contribution in [0.25, 0.3) is 0 Å². The molecule has 1 aliphatic carbocycles. The molecule has 1 fully saturated rings. The number of carbonyl (C=O) groups is 2. The summed E-state index contributed by atoms with van der Waals surface area (Å²) in [4.78, 5) is 22.2. The van der Waals surface area contributed by atoms with Crippen molar-refractivity contribution in [1.82, 2.24) is 0 Å². The van der Waals surface area contributed by atoms with Crippen molar-refractivity contribution in [1.29, 1.82) is 0 Å². The molecule has 0 aromatic heterocycles. The fraction of sp³-hybridized carbons (Fsp3) is 0.600. The number of allylic oxidation sites excluding steroid dienone is 1. The summed E-state index contributed by atoms with van der Waals surface area (Å²) in [5.41, 5.74) is 0. The Morgan fingerprint density at radius 2 is 2.21 bits per heavy atom. The van der Waals surface area contributed by atoms with E-state index in [0.717, 1.165) is 0 Å². The van der Waals surface area contributed by atoms with Gasteiger partial charge in [0, 0.05) is 0 Å². The van der Waals surface area contributed by atoms with Crippen molar-refractivity contribution in [3.63, 3.8) is 0 Å². The van der Waals surface area contributed by atoms with Crippen LogP contribution in [0.15, 0.2) is 12.7 Å². The molecule has 3 nitrogen and oxygen atoms in total. The van der Waals surface area contributed by atoms with Crippen LogP contribution in [0.3, 0.4) is 0 Å². The van der Waals surface area contributed by atoms with Crippen molar-refractivity contribution < 1.29 is 14.3 Å². The van der Waals surface area contributed by atoms with Crippen molar-refractivity contribution in [2.24, 2.45) is 5.92 Å². The minimum atomic E-state index is -0.804. The molecule has 78 valence electrons. The zero-order chi connectivity index (χ0) is 10.8. The van der Waals surface area contributed by atoms with Crippen molar-refractivity contribution in [3.05, 3.63) is 12.7 Å². The zero-order valence-corrected chi connectivity index (χ0v) is 8.84. The largest absolute Gasteiger partial charge is 0.468 e. The van der Waals surface area contributed by atoms with Gasteiger partial charge in [-0.1, -0.05) is 6.08 Å². The maximum absolute atomic E-state index is 11.7. The van der Waals surface area contributed by atoms with E-state index >= 15 is 0 Å². The number of methoxy groups -OCH3 is 1. The van der Waals surface area contributed by atoms with Crippen LogP contribution in [0, 0.1) is 5.92 Å². The van der Waals surface area contributed by atoms with E-state index in [1.165, 1.54) is 13.2 Å². The summed E-state index contributed by atoms with van der Waals surface area (Å²) in [6.07, 6.45) is 3.12. The standard InChI is InChI=1S/C10H13ClO3/c1-3-4-7(9(13)14-2)8(12)10(11)5-6-10/h3,7H,1,4-6H2,2H3.